The minimum absolute atomic E-state index is 0.0508. The lowest BCUT2D eigenvalue weighted by Crippen LogP contribution is -2.42. The molecule has 0 N–H and O–H groups in total. The van der Waals surface area contributed by atoms with Crippen LogP contribution in [0, 0.1) is 0 Å². The van der Waals surface area contributed by atoms with Crippen molar-refractivity contribution in [2.24, 2.45) is 0 Å². The van der Waals surface area contributed by atoms with Crippen molar-refractivity contribution in [3.8, 4) is 0 Å². The normalized spacial score (nSPS) is 12.2. The summed E-state index contributed by atoms with van der Waals surface area (Å²) in [5, 5.41) is 1.25. The van der Waals surface area contributed by atoms with Gasteiger partial charge in [0.05, 0.1) is 12.3 Å². The molecule has 0 spiro atoms. The summed E-state index contributed by atoms with van der Waals surface area (Å²) in [5.41, 5.74) is -0.823. The lowest BCUT2D eigenvalue weighted by atomic mass is 10.2. The first-order chi connectivity index (χ1) is 14.0. The zero-order valence-electron chi connectivity index (χ0n) is 17.4. The van der Waals surface area contributed by atoms with E-state index in [1.165, 1.54) is 0 Å². The molecule has 6 heteroatoms. The van der Waals surface area contributed by atoms with E-state index in [4.69, 9.17) is 4.74 Å². The van der Waals surface area contributed by atoms with E-state index in [-0.39, 0.29) is 31.3 Å². The summed E-state index contributed by atoms with van der Waals surface area (Å²) in [6.07, 6.45) is 0.227. The van der Waals surface area contributed by atoms with Gasteiger partial charge in [0.25, 0.3) is 0 Å². The molecule has 2 aromatic carbocycles. The van der Waals surface area contributed by atoms with Gasteiger partial charge >= 0.3 is 5.97 Å². The molecule has 0 bridgehead atoms. The maximum Gasteiger partial charge on any atom is 0.305 e. The summed E-state index contributed by atoms with van der Waals surface area (Å²) in [7, 11) is -3.34. The number of ether oxygens (including phenoxy) is 1. The fourth-order valence-electron chi connectivity index (χ4n) is 3.50. The van der Waals surface area contributed by atoms with Crippen molar-refractivity contribution in [2.75, 3.05) is 19.7 Å². The Morgan fingerprint density at radius 2 is 1.38 bits per heavy atom. The highest BCUT2D eigenvalue weighted by Gasteiger charge is 2.42. The lowest BCUT2D eigenvalue weighted by molar-refractivity contribution is -0.143. The summed E-state index contributed by atoms with van der Waals surface area (Å²) in [5.74, 6) is -0.562. The molecule has 0 saturated carbocycles. The molecule has 2 rings (SSSR count). The second kappa shape index (κ2) is 11.0. The van der Waals surface area contributed by atoms with Crippen LogP contribution in [0.15, 0.2) is 60.7 Å². The van der Waals surface area contributed by atoms with E-state index < -0.39 is 12.8 Å². The highest BCUT2D eigenvalue weighted by Crippen LogP contribution is 2.51. The summed E-state index contributed by atoms with van der Waals surface area (Å²) < 4.78 is 19.7. The zero-order chi connectivity index (χ0) is 21.3. The fraction of sp³-hybridized carbons (Fsp3) is 0.391. The van der Waals surface area contributed by atoms with Crippen LogP contribution in [0.25, 0.3) is 0 Å². The topological polar surface area (TPSA) is 63.7 Å². The Morgan fingerprint density at radius 3 is 1.79 bits per heavy atom. The van der Waals surface area contributed by atoms with E-state index >= 15 is 0 Å². The summed E-state index contributed by atoms with van der Waals surface area (Å²) in [6.45, 7) is 6.88. The monoisotopic (exact) mass is 415 g/mol. The smallest absolute Gasteiger partial charge is 0.305 e. The molecule has 1 atom stereocenters. The van der Waals surface area contributed by atoms with Gasteiger partial charge in [-0.3, -0.25) is 9.59 Å². The molecule has 1 amide bonds. The predicted molar refractivity (Wildman–Crippen MR) is 117 cm³/mol. The predicted octanol–water partition coefficient (Wildman–Crippen LogP) is 3.58. The number of amides is 1. The van der Waals surface area contributed by atoms with Crippen LogP contribution in [-0.4, -0.2) is 42.1 Å². The number of hydrogen-bond donors (Lipinski definition) is 0. The van der Waals surface area contributed by atoms with Crippen molar-refractivity contribution in [1.82, 2.24) is 4.90 Å². The van der Waals surface area contributed by atoms with E-state index in [9.17, 15) is 14.2 Å². The number of rotatable bonds is 10. The van der Waals surface area contributed by atoms with Crippen LogP contribution in [0.4, 0.5) is 0 Å². The molecule has 2 aromatic rings. The first-order valence-corrected chi connectivity index (χ1v) is 11.9. The second-order valence-electron chi connectivity index (χ2n) is 6.70. The number of hydrogen-bond acceptors (Lipinski definition) is 4. The van der Waals surface area contributed by atoms with Gasteiger partial charge in [-0.25, -0.2) is 0 Å². The molecule has 0 aliphatic rings. The van der Waals surface area contributed by atoms with Crippen LogP contribution >= 0.6 is 7.14 Å². The molecule has 0 heterocycles. The number of nitrogens with zero attached hydrogens (tertiary/aromatic N) is 1. The van der Waals surface area contributed by atoms with Gasteiger partial charge in [0.15, 0.2) is 7.14 Å². The van der Waals surface area contributed by atoms with E-state index in [0.29, 0.717) is 23.7 Å². The highest BCUT2D eigenvalue weighted by molar-refractivity contribution is 7.80. The zero-order valence-corrected chi connectivity index (χ0v) is 18.3. The van der Waals surface area contributed by atoms with E-state index in [0.717, 1.165) is 0 Å². The molecule has 156 valence electrons. The van der Waals surface area contributed by atoms with Gasteiger partial charge < -0.3 is 14.2 Å². The Balaban J connectivity index is 2.58. The molecule has 0 saturated heterocycles. The van der Waals surface area contributed by atoms with Gasteiger partial charge in [0.2, 0.25) is 5.91 Å². The van der Waals surface area contributed by atoms with E-state index in [2.05, 4.69) is 0 Å². The third-order valence-corrected chi connectivity index (χ3v) is 8.49. The average molecular weight is 415 g/mol. The number of benzene rings is 2. The van der Waals surface area contributed by atoms with Crippen LogP contribution in [0.3, 0.4) is 0 Å². The van der Waals surface area contributed by atoms with Gasteiger partial charge in [-0.2, -0.15) is 0 Å². The van der Waals surface area contributed by atoms with Gasteiger partial charge in [0, 0.05) is 30.1 Å². The minimum Gasteiger partial charge on any atom is -0.466 e. The van der Waals surface area contributed by atoms with Gasteiger partial charge in [-0.1, -0.05) is 60.7 Å². The lowest BCUT2D eigenvalue weighted by Gasteiger charge is -2.32. The van der Waals surface area contributed by atoms with Crippen LogP contribution in [0.2, 0.25) is 0 Å². The fourth-order valence-corrected chi connectivity index (χ4v) is 6.72. The maximum atomic E-state index is 14.7. The third-order valence-electron chi connectivity index (χ3n) is 5.01. The van der Waals surface area contributed by atoms with Crippen LogP contribution in [-0.2, 0) is 18.9 Å². The van der Waals surface area contributed by atoms with Crippen molar-refractivity contribution in [3.63, 3.8) is 0 Å². The molecule has 29 heavy (non-hydrogen) atoms. The van der Waals surface area contributed by atoms with Gasteiger partial charge in [-0.15, -0.1) is 0 Å². The highest BCUT2D eigenvalue weighted by atomic mass is 31.2. The summed E-state index contributed by atoms with van der Waals surface area (Å²) in [6, 6.07) is 18.3. The first kappa shape index (κ1) is 22.9. The molecular formula is C23H30NO4P. The van der Waals surface area contributed by atoms with Crippen LogP contribution in [0.5, 0.6) is 0 Å². The standard InChI is InChI=1S/C23H30NO4P/c1-4-24(5-2)23(26)21(17-18-22(25)28-6-3)29(27,19-13-9-7-10-14-19)20-15-11-8-12-16-20/h7-16,21H,4-6,17-18H2,1-3H3. The van der Waals surface area contributed by atoms with Gasteiger partial charge in [0.1, 0.15) is 0 Å². The second-order valence-corrected chi connectivity index (χ2v) is 9.67. The quantitative estimate of drug-likeness (QED) is 0.440. The Morgan fingerprint density at radius 1 is 0.897 bits per heavy atom. The Kier molecular flexibility index (Phi) is 8.66. The number of carbonyl (C=O) groups is 2. The molecule has 1 unspecified atom stereocenters. The molecule has 0 aliphatic heterocycles. The van der Waals surface area contributed by atoms with Gasteiger partial charge in [-0.05, 0) is 27.2 Å². The Bertz CT molecular complexity index is 791. The number of esters is 1. The Labute approximate surface area is 173 Å². The molecular weight excluding hydrogens is 385 g/mol. The molecule has 5 nitrogen and oxygen atoms in total. The molecule has 0 aliphatic carbocycles. The van der Waals surface area contributed by atoms with Crippen molar-refractivity contribution < 1.29 is 18.9 Å². The van der Waals surface area contributed by atoms with Crippen molar-refractivity contribution in [3.05, 3.63) is 60.7 Å². The van der Waals surface area contributed by atoms with Crippen molar-refractivity contribution in [1.29, 1.82) is 0 Å². The first-order valence-electron chi connectivity index (χ1n) is 10.1. The van der Waals surface area contributed by atoms with Crippen molar-refractivity contribution >= 4 is 29.6 Å². The average Bonchev–Trinajstić information content (AvgIpc) is 2.76. The van der Waals surface area contributed by atoms with Crippen LogP contribution in [0.1, 0.15) is 33.6 Å². The minimum atomic E-state index is -3.34. The SMILES string of the molecule is CCOC(=O)CCC(C(=O)N(CC)CC)P(=O)(c1ccccc1)c1ccccc1. The van der Waals surface area contributed by atoms with Crippen molar-refractivity contribution in [2.45, 2.75) is 39.3 Å². The van der Waals surface area contributed by atoms with E-state index in [1.807, 2.05) is 50.2 Å². The summed E-state index contributed by atoms with van der Waals surface area (Å²) >= 11 is 0. The number of carbonyl (C=O) groups excluding carboxylic acids is 2. The Hall–Kier alpha value is -2.39. The van der Waals surface area contributed by atoms with Crippen LogP contribution < -0.4 is 10.6 Å². The molecule has 0 fully saturated rings. The summed E-state index contributed by atoms with van der Waals surface area (Å²) in [4.78, 5) is 27.2. The molecule has 0 radical (unpaired) electrons. The maximum absolute atomic E-state index is 14.7. The molecule has 0 aromatic heterocycles. The largest absolute Gasteiger partial charge is 0.466 e. The third kappa shape index (κ3) is 5.36. The van der Waals surface area contributed by atoms with E-state index in [1.54, 1.807) is 36.1 Å².